The molecule has 0 spiro atoms. The van der Waals surface area contributed by atoms with Crippen LogP contribution in [0.25, 0.3) is 0 Å². The molecule has 1 aliphatic heterocycles. The summed E-state index contributed by atoms with van der Waals surface area (Å²) in [6.45, 7) is -0.225. The summed E-state index contributed by atoms with van der Waals surface area (Å²) in [6.07, 6.45) is -2.97. The number of carbonyl (C=O) groups is 3. The number of hydrogen-bond acceptors (Lipinski definition) is 8. The summed E-state index contributed by atoms with van der Waals surface area (Å²) in [6, 6.07) is 25.3. The van der Waals surface area contributed by atoms with E-state index in [0.717, 1.165) is 0 Å². The van der Waals surface area contributed by atoms with Gasteiger partial charge in [-0.05, 0) is 36.4 Å². The van der Waals surface area contributed by atoms with Gasteiger partial charge in [0, 0.05) is 0 Å². The number of rotatable bonds is 7. The summed E-state index contributed by atoms with van der Waals surface area (Å²) in [5, 5.41) is 0. The van der Waals surface area contributed by atoms with E-state index >= 15 is 0 Å². The molecule has 4 rings (SSSR count). The van der Waals surface area contributed by atoms with Gasteiger partial charge in [0.1, 0.15) is 18.1 Å². The van der Waals surface area contributed by atoms with E-state index < -0.39 is 41.7 Å². The zero-order valence-corrected chi connectivity index (χ0v) is 18.9. The Morgan fingerprint density at radius 3 is 1.53 bits per heavy atom. The number of esters is 3. The number of benzene rings is 3. The van der Waals surface area contributed by atoms with Gasteiger partial charge in [-0.15, -0.1) is 12.6 Å². The SMILES string of the molecule is O=C(OC[C@H]1O[C@@H](S)[C@H](OC(=O)c2ccccc2)[C@@H]1OC(=O)c1ccccc1)c1ccccc1. The number of ether oxygens (including phenoxy) is 4. The molecule has 0 radical (unpaired) electrons. The second kappa shape index (κ2) is 11.0. The summed E-state index contributed by atoms with van der Waals surface area (Å²) in [7, 11) is 0. The van der Waals surface area contributed by atoms with Gasteiger partial charge in [0.05, 0.1) is 16.7 Å². The Morgan fingerprint density at radius 2 is 1.06 bits per heavy atom. The molecule has 0 aliphatic carbocycles. The molecule has 0 unspecified atom stereocenters. The number of carbonyl (C=O) groups excluding carboxylic acids is 3. The fourth-order valence-corrected chi connectivity index (χ4v) is 3.84. The van der Waals surface area contributed by atoms with Crippen LogP contribution in [-0.4, -0.2) is 48.3 Å². The fourth-order valence-electron chi connectivity index (χ4n) is 3.46. The summed E-state index contributed by atoms with van der Waals surface area (Å²) in [5.74, 6) is -1.80. The second-order valence-electron chi connectivity index (χ2n) is 7.50. The normalized spacial score (nSPS) is 21.4. The van der Waals surface area contributed by atoms with E-state index in [2.05, 4.69) is 12.6 Å². The summed E-state index contributed by atoms with van der Waals surface area (Å²) >= 11 is 4.39. The summed E-state index contributed by atoms with van der Waals surface area (Å²) in [4.78, 5) is 37.8. The minimum Gasteiger partial charge on any atom is -0.459 e. The molecule has 0 N–H and O–H groups in total. The van der Waals surface area contributed by atoms with Crippen molar-refractivity contribution in [2.45, 2.75) is 23.7 Å². The molecular weight excluding hydrogens is 456 g/mol. The van der Waals surface area contributed by atoms with Crippen molar-refractivity contribution in [3.63, 3.8) is 0 Å². The smallest absolute Gasteiger partial charge is 0.338 e. The maximum atomic E-state index is 12.8. The first kappa shape index (κ1) is 23.5. The van der Waals surface area contributed by atoms with Gasteiger partial charge >= 0.3 is 17.9 Å². The van der Waals surface area contributed by atoms with Crippen molar-refractivity contribution < 1.29 is 33.3 Å². The zero-order valence-electron chi connectivity index (χ0n) is 18.0. The van der Waals surface area contributed by atoms with Gasteiger partial charge in [-0.2, -0.15) is 0 Å². The quantitative estimate of drug-likeness (QED) is 0.313. The van der Waals surface area contributed by atoms with Crippen LogP contribution >= 0.6 is 12.6 Å². The first-order chi connectivity index (χ1) is 16.5. The lowest BCUT2D eigenvalue weighted by Gasteiger charge is -2.23. The Kier molecular flexibility index (Phi) is 7.61. The highest BCUT2D eigenvalue weighted by Crippen LogP contribution is 2.31. The van der Waals surface area contributed by atoms with Gasteiger partial charge in [-0.1, -0.05) is 54.6 Å². The van der Waals surface area contributed by atoms with Crippen molar-refractivity contribution in [1.82, 2.24) is 0 Å². The number of thiol groups is 1. The third-order valence-electron chi connectivity index (χ3n) is 5.18. The first-order valence-corrected chi connectivity index (χ1v) is 11.1. The highest BCUT2D eigenvalue weighted by atomic mass is 32.1. The molecule has 4 atom stereocenters. The monoisotopic (exact) mass is 478 g/mol. The third kappa shape index (κ3) is 5.65. The van der Waals surface area contributed by atoms with Gasteiger partial charge < -0.3 is 18.9 Å². The average molecular weight is 479 g/mol. The first-order valence-electron chi connectivity index (χ1n) is 10.6. The van der Waals surface area contributed by atoms with Gasteiger partial charge in [0.2, 0.25) is 0 Å². The maximum absolute atomic E-state index is 12.8. The van der Waals surface area contributed by atoms with E-state index in [1.165, 1.54) is 0 Å². The van der Waals surface area contributed by atoms with E-state index in [9.17, 15) is 14.4 Å². The summed E-state index contributed by atoms with van der Waals surface area (Å²) < 4.78 is 22.5. The van der Waals surface area contributed by atoms with Crippen molar-refractivity contribution in [2.24, 2.45) is 0 Å². The molecule has 0 saturated carbocycles. The number of hydrogen-bond donors (Lipinski definition) is 1. The molecule has 0 bridgehead atoms. The van der Waals surface area contributed by atoms with Gasteiger partial charge in [-0.3, -0.25) is 0 Å². The Morgan fingerprint density at radius 1 is 0.647 bits per heavy atom. The third-order valence-corrected chi connectivity index (χ3v) is 5.59. The lowest BCUT2D eigenvalue weighted by Crippen LogP contribution is -2.41. The van der Waals surface area contributed by atoms with Crippen LogP contribution in [-0.2, 0) is 18.9 Å². The van der Waals surface area contributed by atoms with E-state index in [4.69, 9.17) is 18.9 Å². The van der Waals surface area contributed by atoms with Crippen LogP contribution in [0.4, 0.5) is 0 Å². The molecular formula is C26H22O7S. The lowest BCUT2D eigenvalue weighted by molar-refractivity contribution is -0.0435. The minimum atomic E-state index is -1.05. The molecule has 1 fully saturated rings. The lowest BCUT2D eigenvalue weighted by atomic mass is 10.1. The molecule has 174 valence electrons. The van der Waals surface area contributed by atoms with E-state index in [1.807, 2.05) is 0 Å². The molecule has 3 aromatic carbocycles. The van der Waals surface area contributed by atoms with Crippen molar-refractivity contribution >= 4 is 30.5 Å². The molecule has 7 nitrogen and oxygen atoms in total. The van der Waals surface area contributed by atoms with Crippen LogP contribution in [0.2, 0.25) is 0 Å². The molecule has 0 aromatic heterocycles. The van der Waals surface area contributed by atoms with Gasteiger partial charge in [0.15, 0.2) is 12.2 Å². The molecule has 0 amide bonds. The molecule has 34 heavy (non-hydrogen) atoms. The predicted octanol–water partition coefficient (Wildman–Crippen LogP) is 3.95. The summed E-state index contributed by atoms with van der Waals surface area (Å²) in [5.41, 5.74) is 0.114. The molecule has 3 aromatic rings. The molecule has 1 aliphatic rings. The van der Waals surface area contributed by atoms with Crippen molar-refractivity contribution in [3.8, 4) is 0 Å². The molecule has 1 saturated heterocycles. The van der Waals surface area contributed by atoms with Gasteiger partial charge in [0.25, 0.3) is 0 Å². The highest BCUT2D eigenvalue weighted by molar-refractivity contribution is 7.80. The Balaban J connectivity index is 1.51. The van der Waals surface area contributed by atoms with Gasteiger partial charge in [-0.25, -0.2) is 14.4 Å². The standard InChI is InChI=1S/C26H22O7S/c27-23(17-10-4-1-5-11-17)30-16-20-21(32-24(28)18-12-6-2-7-13-18)22(26(34)31-20)33-25(29)19-14-8-3-9-15-19/h1-15,20-22,26,34H,16H2/t20-,21-,22-,26+/m1/s1. The fraction of sp³-hybridized carbons (Fsp3) is 0.192. The zero-order chi connectivity index (χ0) is 23.9. The molecule has 8 heteroatoms. The topological polar surface area (TPSA) is 88.1 Å². The van der Waals surface area contributed by atoms with Crippen LogP contribution < -0.4 is 0 Å². The Bertz CT molecular complexity index is 1120. The van der Waals surface area contributed by atoms with Crippen molar-refractivity contribution in [2.75, 3.05) is 6.61 Å². The van der Waals surface area contributed by atoms with Crippen LogP contribution in [0.3, 0.4) is 0 Å². The van der Waals surface area contributed by atoms with Crippen LogP contribution in [0, 0.1) is 0 Å². The second-order valence-corrected chi connectivity index (χ2v) is 8.01. The van der Waals surface area contributed by atoms with Crippen molar-refractivity contribution in [1.29, 1.82) is 0 Å². The van der Waals surface area contributed by atoms with E-state index in [0.29, 0.717) is 16.7 Å². The average Bonchev–Trinajstić information content (AvgIpc) is 3.17. The Labute approximate surface area is 202 Å². The minimum absolute atomic E-state index is 0.225. The highest BCUT2D eigenvalue weighted by Gasteiger charge is 2.49. The van der Waals surface area contributed by atoms with E-state index in [-0.39, 0.29) is 6.61 Å². The largest absolute Gasteiger partial charge is 0.459 e. The van der Waals surface area contributed by atoms with Crippen LogP contribution in [0.5, 0.6) is 0 Å². The predicted molar refractivity (Wildman–Crippen MR) is 126 cm³/mol. The van der Waals surface area contributed by atoms with Crippen LogP contribution in [0.15, 0.2) is 91.0 Å². The van der Waals surface area contributed by atoms with Crippen molar-refractivity contribution in [3.05, 3.63) is 108 Å². The Hall–Kier alpha value is -3.62. The van der Waals surface area contributed by atoms with Crippen LogP contribution in [0.1, 0.15) is 31.1 Å². The molecule has 1 heterocycles. The maximum Gasteiger partial charge on any atom is 0.338 e. The van der Waals surface area contributed by atoms with E-state index in [1.54, 1.807) is 91.0 Å².